The molecule has 0 saturated heterocycles. The summed E-state index contributed by atoms with van der Waals surface area (Å²) < 4.78 is 17.7. The van der Waals surface area contributed by atoms with E-state index in [1.165, 1.54) is 23.9 Å². The molecule has 0 spiro atoms. The molecule has 1 rings (SSSR count). The van der Waals surface area contributed by atoms with Crippen LogP contribution >= 0.6 is 11.8 Å². The van der Waals surface area contributed by atoms with Crippen molar-refractivity contribution in [1.82, 2.24) is 0 Å². The van der Waals surface area contributed by atoms with Crippen molar-refractivity contribution in [2.24, 2.45) is 11.8 Å². The van der Waals surface area contributed by atoms with Gasteiger partial charge in [-0.3, -0.25) is 9.59 Å². The molecule has 110 valence electrons. The van der Waals surface area contributed by atoms with Gasteiger partial charge in [0.05, 0.1) is 12.4 Å². The molecular weight excluding hydrogens is 279 g/mol. The smallest absolute Gasteiger partial charge is 0.316 e. The van der Waals surface area contributed by atoms with Gasteiger partial charge in [-0.15, -0.1) is 11.8 Å². The Hall–Kier alpha value is -1.36. The van der Waals surface area contributed by atoms with Crippen LogP contribution in [-0.2, 0) is 14.3 Å². The van der Waals surface area contributed by atoms with Crippen LogP contribution in [0.4, 0.5) is 4.39 Å². The summed E-state index contributed by atoms with van der Waals surface area (Å²) in [7, 11) is 0. The standard InChI is InChI=1S/C15H19FO3S/c1-4-19-15(18)14(10(2)3)13(17)9-20-12-7-5-11(16)6-8-12/h5-8,10,14H,4,9H2,1-3H3. The van der Waals surface area contributed by atoms with E-state index in [0.29, 0.717) is 0 Å². The van der Waals surface area contributed by atoms with E-state index in [0.717, 1.165) is 4.90 Å². The van der Waals surface area contributed by atoms with E-state index in [4.69, 9.17) is 4.74 Å². The van der Waals surface area contributed by atoms with Crippen LogP contribution in [0, 0.1) is 17.7 Å². The molecule has 0 aromatic heterocycles. The van der Waals surface area contributed by atoms with Gasteiger partial charge >= 0.3 is 5.97 Å². The summed E-state index contributed by atoms with van der Waals surface area (Å²) in [4.78, 5) is 24.7. The van der Waals surface area contributed by atoms with Crippen LogP contribution in [0.2, 0.25) is 0 Å². The van der Waals surface area contributed by atoms with E-state index < -0.39 is 11.9 Å². The Morgan fingerprint density at radius 3 is 2.35 bits per heavy atom. The largest absolute Gasteiger partial charge is 0.465 e. The molecule has 20 heavy (non-hydrogen) atoms. The second kappa shape index (κ2) is 8.04. The lowest BCUT2D eigenvalue weighted by atomic mass is 9.92. The maximum atomic E-state index is 12.8. The number of esters is 1. The van der Waals surface area contributed by atoms with Crippen LogP contribution in [0.3, 0.4) is 0 Å². The molecule has 0 amide bonds. The van der Waals surface area contributed by atoms with Gasteiger partial charge < -0.3 is 4.74 Å². The van der Waals surface area contributed by atoms with E-state index in [1.54, 1.807) is 19.1 Å². The molecule has 1 aromatic carbocycles. The normalized spacial score (nSPS) is 12.2. The lowest BCUT2D eigenvalue weighted by molar-refractivity contribution is -0.152. The lowest BCUT2D eigenvalue weighted by Gasteiger charge is -2.17. The molecule has 1 aromatic rings. The van der Waals surface area contributed by atoms with Crippen LogP contribution in [0.25, 0.3) is 0 Å². The van der Waals surface area contributed by atoms with Crippen molar-refractivity contribution >= 4 is 23.5 Å². The molecule has 0 aliphatic heterocycles. The monoisotopic (exact) mass is 298 g/mol. The summed E-state index contributed by atoms with van der Waals surface area (Å²) in [6, 6.07) is 5.92. The second-order valence-electron chi connectivity index (χ2n) is 4.68. The van der Waals surface area contributed by atoms with Crippen LogP contribution in [0.15, 0.2) is 29.2 Å². The first kappa shape index (κ1) is 16.7. The van der Waals surface area contributed by atoms with Gasteiger partial charge in [-0.1, -0.05) is 13.8 Å². The van der Waals surface area contributed by atoms with Gasteiger partial charge in [0.25, 0.3) is 0 Å². The molecule has 0 aliphatic carbocycles. The number of Topliss-reactive ketones (excluding diaryl/α,β-unsaturated/α-hetero) is 1. The van der Waals surface area contributed by atoms with Crippen LogP contribution in [0.5, 0.6) is 0 Å². The Bertz CT molecular complexity index is 457. The van der Waals surface area contributed by atoms with Crippen LogP contribution in [0.1, 0.15) is 20.8 Å². The summed E-state index contributed by atoms with van der Waals surface area (Å²) in [5.41, 5.74) is 0. The number of ketones is 1. The number of hydrogen-bond acceptors (Lipinski definition) is 4. The minimum absolute atomic E-state index is 0.102. The molecule has 0 N–H and O–H groups in total. The first-order chi connectivity index (χ1) is 9.45. The topological polar surface area (TPSA) is 43.4 Å². The van der Waals surface area contributed by atoms with E-state index in [9.17, 15) is 14.0 Å². The van der Waals surface area contributed by atoms with Gasteiger partial charge in [0.2, 0.25) is 0 Å². The maximum absolute atomic E-state index is 12.8. The summed E-state index contributed by atoms with van der Waals surface area (Å²) in [6.45, 7) is 5.62. The van der Waals surface area contributed by atoms with Gasteiger partial charge in [-0.05, 0) is 37.1 Å². The van der Waals surface area contributed by atoms with Gasteiger partial charge in [0, 0.05) is 4.90 Å². The Morgan fingerprint density at radius 1 is 1.25 bits per heavy atom. The number of rotatable bonds is 7. The number of hydrogen-bond donors (Lipinski definition) is 0. The average Bonchev–Trinajstić information content (AvgIpc) is 2.38. The zero-order chi connectivity index (χ0) is 15.1. The zero-order valence-corrected chi connectivity index (χ0v) is 12.7. The van der Waals surface area contributed by atoms with E-state index >= 15 is 0 Å². The third-order valence-electron chi connectivity index (χ3n) is 2.75. The zero-order valence-electron chi connectivity index (χ0n) is 11.9. The van der Waals surface area contributed by atoms with Crippen LogP contribution < -0.4 is 0 Å². The van der Waals surface area contributed by atoms with E-state index in [1.807, 2.05) is 13.8 Å². The molecule has 1 atom stereocenters. The van der Waals surface area contributed by atoms with Crippen LogP contribution in [-0.4, -0.2) is 24.1 Å². The van der Waals surface area contributed by atoms with E-state index in [-0.39, 0.29) is 29.9 Å². The Labute approximate surface area is 122 Å². The van der Waals surface area contributed by atoms with Gasteiger partial charge in [0.1, 0.15) is 11.7 Å². The fourth-order valence-electron chi connectivity index (χ4n) is 1.78. The Morgan fingerprint density at radius 2 is 1.85 bits per heavy atom. The number of benzene rings is 1. The second-order valence-corrected chi connectivity index (χ2v) is 5.73. The SMILES string of the molecule is CCOC(=O)C(C(=O)CSc1ccc(F)cc1)C(C)C. The third kappa shape index (κ3) is 4.96. The van der Waals surface area contributed by atoms with E-state index in [2.05, 4.69) is 0 Å². The molecule has 0 fully saturated rings. The van der Waals surface area contributed by atoms with Gasteiger partial charge in [-0.25, -0.2) is 4.39 Å². The third-order valence-corrected chi connectivity index (χ3v) is 3.78. The van der Waals surface area contributed by atoms with Crippen molar-refractivity contribution in [2.45, 2.75) is 25.7 Å². The highest BCUT2D eigenvalue weighted by molar-refractivity contribution is 8.00. The fraction of sp³-hybridized carbons (Fsp3) is 0.467. The van der Waals surface area contributed by atoms with Crippen molar-refractivity contribution in [3.05, 3.63) is 30.1 Å². The summed E-state index contributed by atoms with van der Waals surface area (Å²) in [5.74, 6) is -1.60. The molecule has 3 nitrogen and oxygen atoms in total. The predicted molar refractivity (Wildman–Crippen MR) is 77.1 cm³/mol. The first-order valence-electron chi connectivity index (χ1n) is 6.53. The highest BCUT2D eigenvalue weighted by Gasteiger charge is 2.30. The molecule has 0 saturated carbocycles. The number of carbonyl (C=O) groups excluding carboxylic acids is 2. The molecular formula is C15H19FO3S. The lowest BCUT2D eigenvalue weighted by Crippen LogP contribution is -2.31. The van der Waals surface area contributed by atoms with Gasteiger partial charge in [0.15, 0.2) is 5.78 Å². The highest BCUT2D eigenvalue weighted by Crippen LogP contribution is 2.22. The first-order valence-corrected chi connectivity index (χ1v) is 7.52. The molecule has 0 heterocycles. The number of halogens is 1. The minimum Gasteiger partial charge on any atom is -0.465 e. The molecule has 0 aliphatic rings. The minimum atomic E-state index is -0.733. The van der Waals surface area contributed by atoms with Gasteiger partial charge in [-0.2, -0.15) is 0 Å². The fourth-order valence-corrected chi connectivity index (χ4v) is 2.60. The molecule has 0 bridgehead atoms. The quantitative estimate of drug-likeness (QED) is 0.440. The molecule has 0 radical (unpaired) electrons. The number of thioether (sulfide) groups is 1. The highest BCUT2D eigenvalue weighted by atomic mass is 32.2. The number of carbonyl (C=O) groups is 2. The molecule has 5 heteroatoms. The average molecular weight is 298 g/mol. The maximum Gasteiger partial charge on any atom is 0.316 e. The van der Waals surface area contributed by atoms with Crippen molar-refractivity contribution in [3.8, 4) is 0 Å². The Balaban J connectivity index is 2.62. The number of ether oxygens (including phenoxy) is 1. The Kier molecular flexibility index (Phi) is 6.71. The summed E-state index contributed by atoms with van der Waals surface area (Å²) in [6.07, 6.45) is 0. The summed E-state index contributed by atoms with van der Waals surface area (Å²) >= 11 is 1.29. The summed E-state index contributed by atoms with van der Waals surface area (Å²) in [5, 5.41) is 0. The van der Waals surface area contributed by atoms with Crippen molar-refractivity contribution < 1.29 is 18.7 Å². The predicted octanol–water partition coefficient (Wildman–Crippen LogP) is 3.32. The van der Waals surface area contributed by atoms with Crippen molar-refractivity contribution in [2.75, 3.05) is 12.4 Å². The van der Waals surface area contributed by atoms with Crippen molar-refractivity contribution in [1.29, 1.82) is 0 Å². The van der Waals surface area contributed by atoms with Crippen molar-refractivity contribution in [3.63, 3.8) is 0 Å². The molecule has 1 unspecified atom stereocenters.